The molecule has 2 aliphatic rings. The summed E-state index contributed by atoms with van der Waals surface area (Å²) in [7, 11) is 1.56. The third kappa shape index (κ3) is 4.29. The zero-order valence-electron chi connectivity index (χ0n) is 18.5. The number of methoxy groups -OCH3 is 1. The smallest absolute Gasteiger partial charge is 0.319 e. The highest BCUT2D eigenvalue weighted by molar-refractivity contribution is 5.34. The second-order valence-electron chi connectivity index (χ2n) is 8.16. The number of aliphatic hydroxyl groups is 1. The zero-order chi connectivity index (χ0) is 21.8. The van der Waals surface area contributed by atoms with E-state index in [1.54, 1.807) is 25.7 Å². The lowest BCUT2D eigenvalue weighted by Gasteiger charge is -2.53. The van der Waals surface area contributed by atoms with E-state index in [1.165, 1.54) is 0 Å². The Morgan fingerprint density at radius 2 is 1.65 bits per heavy atom. The number of aromatic nitrogens is 4. The van der Waals surface area contributed by atoms with Crippen molar-refractivity contribution in [1.29, 1.82) is 0 Å². The van der Waals surface area contributed by atoms with Crippen LogP contribution in [0.3, 0.4) is 0 Å². The van der Waals surface area contributed by atoms with Crippen LogP contribution in [-0.2, 0) is 12.1 Å². The number of likely N-dealkylation sites (tertiary alicyclic amines) is 1. The molecule has 9 heteroatoms. The van der Waals surface area contributed by atoms with Gasteiger partial charge in [-0.15, -0.1) is 0 Å². The van der Waals surface area contributed by atoms with Gasteiger partial charge in [-0.3, -0.25) is 4.90 Å². The van der Waals surface area contributed by atoms with E-state index in [0.717, 1.165) is 44.5 Å². The van der Waals surface area contributed by atoms with Gasteiger partial charge in [0.2, 0.25) is 5.88 Å². The first-order valence-electron chi connectivity index (χ1n) is 11.0. The van der Waals surface area contributed by atoms with Crippen LogP contribution in [0.4, 0.5) is 0 Å². The largest absolute Gasteiger partial charge is 0.478 e. The molecule has 2 aromatic heterocycles. The average molecular weight is 430 g/mol. The minimum atomic E-state index is -1.01. The second-order valence-corrected chi connectivity index (χ2v) is 8.16. The maximum Gasteiger partial charge on any atom is 0.319 e. The number of hydrogen-bond donors (Lipinski definition) is 1. The van der Waals surface area contributed by atoms with E-state index in [1.807, 2.05) is 13.8 Å². The van der Waals surface area contributed by atoms with Crippen LogP contribution in [0.2, 0.25) is 0 Å². The average Bonchev–Trinajstić information content (AvgIpc) is 2.76. The molecule has 168 valence electrons. The normalized spacial score (nSPS) is 25.8. The lowest BCUT2D eigenvalue weighted by Crippen LogP contribution is -2.58. The molecule has 1 saturated carbocycles. The molecule has 1 aliphatic carbocycles. The van der Waals surface area contributed by atoms with Crippen molar-refractivity contribution in [1.82, 2.24) is 24.8 Å². The van der Waals surface area contributed by atoms with E-state index in [2.05, 4.69) is 24.8 Å². The van der Waals surface area contributed by atoms with Crippen molar-refractivity contribution in [2.24, 2.45) is 11.8 Å². The molecule has 2 fully saturated rings. The van der Waals surface area contributed by atoms with Crippen molar-refractivity contribution in [3.05, 3.63) is 29.7 Å². The van der Waals surface area contributed by atoms with Gasteiger partial charge in [0, 0.05) is 55.6 Å². The second kappa shape index (κ2) is 9.32. The van der Waals surface area contributed by atoms with Gasteiger partial charge in [-0.1, -0.05) is 6.42 Å². The molecule has 0 aromatic carbocycles. The van der Waals surface area contributed by atoms with Crippen LogP contribution in [0, 0.1) is 11.8 Å². The van der Waals surface area contributed by atoms with E-state index >= 15 is 0 Å². The lowest BCUT2D eigenvalue weighted by molar-refractivity contribution is -0.150. The summed E-state index contributed by atoms with van der Waals surface area (Å²) >= 11 is 0. The Balaban J connectivity index is 1.58. The number of piperidine rings is 1. The van der Waals surface area contributed by atoms with Crippen LogP contribution in [-0.4, -0.2) is 63.4 Å². The number of fused-ring (bicyclic) bond motifs is 2. The van der Waals surface area contributed by atoms with Crippen molar-refractivity contribution < 1.29 is 19.3 Å². The molecule has 0 spiro atoms. The van der Waals surface area contributed by atoms with Gasteiger partial charge in [-0.25, -0.2) is 15.0 Å². The zero-order valence-corrected chi connectivity index (χ0v) is 18.5. The van der Waals surface area contributed by atoms with Crippen molar-refractivity contribution >= 4 is 0 Å². The van der Waals surface area contributed by atoms with Crippen LogP contribution in [0.15, 0.2) is 18.6 Å². The molecular formula is C22H31N5O4. The molecule has 0 amide bonds. The quantitative estimate of drug-likeness (QED) is 0.676. The predicted octanol–water partition coefficient (Wildman–Crippen LogP) is 2.19. The van der Waals surface area contributed by atoms with E-state index in [9.17, 15) is 5.11 Å². The third-order valence-corrected chi connectivity index (χ3v) is 6.30. The first-order valence-corrected chi connectivity index (χ1v) is 11.0. The van der Waals surface area contributed by atoms with Crippen molar-refractivity contribution in [3.63, 3.8) is 0 Å². The van der Waals surface area contributed by atoms with Gasteiger partial charge < -0.3 is 19.3 Å². The minimum absolute atomic E-state index is 0.0694. The van der Waals surface area contributed by atoms with Crippen LogP contribution in [0.5, 0.6) is 17.9 Å². The highest BCUT2D eigenvalue weighted by Gasteiger charge is 2.53. The Kier molecular flexibility index (Phi) is 6.52. The van der Waals surface area contributed by atoms with Crippen LogP contribution < -0.4 is 14.2 Å². The van der Waals surface area contributed by atoms with E-state index < -0.39 is 5.60 Å². The fourth-order valence-electron chi connectivity index (χ4n) is 4.97. The minimum Gasteiger partial charge on any atom is -0.478 e. The highest BCUT2D eigenvalue weighted by Crippen LogP contribution is 2.51. The van der Waals surface area contributed by atoms with Gasteiger partial charge in [0.25, 0.3) is 0 Å². The number of rotatable bonds is 8. The standard InChI is InChI=1S/C22H31N5O4/c1-4-30-19-18(11-25-21(26-19)31-5-2)22(28)16-7-6-8-17(22)14-27(13-16)12-15-9-23-20(29-3)24-10-15/h9-11,16-17,28H,4-8,12-14H2,1-3H3/t16-,17-/m0/s1. The van der Waals surface area contributed by atoms with Crippen LogP contribution in [0.25, 0.3) is 0 Å². The Morgan fingerprint density at radius 3 is 2.26 bits per heavy atom. The first-order chi connectivity index (χ1) is 15.1. The Hall–Kier alpha value is -2.52. The Morgan fingerprint density at radius 1 is 1.00 bits per heavy atom. The summed E-state index contributed by atoms with van der Waals surface area (Å²) in [6.07, 6.45) is 8.30. The summed E-state index contributed by atoms with van der Waals surface area (Å²) in [5.74, 6) is 0.567. The topological polar surface area (TPSA) is 103 Å². The maximum atomic E-state index is 12.0. The maximum absolute atomic E-state index is 12.0. The molecule has 2 aromatic rings. The van der Waals surface area contributed by atoms with Gasteiger partial charge in [0.05, 0.1) is 25.9 Å². The highest BCUT2D eigenvalue weighted by atomic mass is 16.5. The van der Waals surface area contributed by atoms with Gasteiger partial charge >= 0.3 is 12.0 Å². The van der Waals surface area contributed by atoms with E-state index in [-0.39, 0.29) is 17.8 Å². The molecule has 2 bridgehead atoms. The van der Waals surface area contributed by atoms with Gasteiger partial charge in [-0.05, 0) is 26.7 Å². The Bertz CT molecular complexity index is 865. The molecule has 31 heavy (non-hydrogen) atoms. The van der Waals surface area contributed by atoms with Crippen LogP contribution >= 0.6 is 0 Å². The fourth-order valence-corrected chi connectivity index (χ4v) is 4.97. The SMILES string of the molecule is CCOc1ncc(C2(O)[C@H]3CCC[C@H]2CN(Cc2cnc(OC)nc2)C3)c(OCC)n1. The molecule has 0 unspecified atom stereocenters. The number of nitrogens with zero attached hydrogens (tertiary/aromatic N) is 5. The van der Waals surface area contributed by atoms with Gasteiger partial charge in [0.15, 0.2) is 0 Å². The molecule has 3 heterocycles. The van der Waals surface area contributed by atoms with Crippen LogP contribution in [0.1, 0.15) is 44.2 Å². The molecule has 1 N–H and O–H groups in total. The predicted molar refractivity (Wildman–Crippen MR) is 113 cm³/mol. The van der Waals surface area contributed by atoms with E-state index in [4.69, 9.17) is 14.2 Å². The van der Waals surface area contributed by atoms with Crippen molar-refractivity contribution in [3.8, 4) is 17.9 Å². The summed E-state index contributed by atoms with van der Waals surface area (Å²) < 4.78 is 16.3. The van der Waals surface area contributed by atoms with E-state index in [0.29, 0.717) is 30.7 Å². The summed E-state index contributed by atoms with van der Waals surface area (Å²) in [6.45, 7) is 7.03. The third-order valence-electron chi connectivity index (χ3n) is 6.30. The summed E-state index contributed by atoms with van der Waals surface area (Å²) in [4.78, 5) is 19.6. The molecule has 1 aliphatic heterocycles. The molecule has 9 nitrogen and oxygen atoms in total. The van der Waals surface area contributed by atoms with Crippen molar-refractivity contribution in [2.75, 3.05) is 33.4 Å². The summed E-state index contributed by atoms with van der Waals surface area (Å²) in [5.41, 5.74) is 0.698. The summed E-state index contributed by atoms with van der Waals surface area (Å²) in [6, 6.07) is 0.646. The monoisotopic (exact) mass is 429 g/mol. The summed E-state index contributed by atoms with van der Waals surface area (Å²) in [5, 5.41) is 12.0. The fraction of sp³-hybridized carbons (Fsp3) is 0.636. The van der Waals surface area contributed by atoms with Gasteiger partial charge in [0.1, 0.15) is 5.60 Å². The van der Waals surface area contributed by atoms with Crippen molar-refractivity contribution in [2.45, 2.75) is 45.3 Å². The molecule has 4 rings (SSSR count). The molecule has 0 radical (unpaired) electrons. The molecule has 2 atom stereocenters. The molecule has 1 saturated heterocycles. The number of ether oxygens (including phenoxy) is 3. The molecular weight excluding hydrogens is 398 g/mol. The Labute approximate surface area is 182 Å². The lowest BCUT2D eigenvalue weighted by atomic mass is 9.63. The number of hydrogen-bond acceptors (Lipinski definition) is 9. The first kappa shape index (κ1) is 21.7. The van der Waals surface area contributed by atoms with Gasteiger partial charge in [-0.2, -0.15) is 4.98 Å².